The van der Waals surface area contributed by atoms with Crippen molar-refractivity contribution in [3.63, 3.8) is 0 Å². The lowest BCUT2D eigenvalue weighted by Crippen LogP contribution is -2.14. The monoisotopic (exact) mass is 332 g/mol. The zero-order valence-electron chi connectivity index (χ0n) is 13.3. The Morgan fingerprint density at radius 2 is 1.64 bits per heavy atom. The maximum absolute atomic E-state index is 12.5. The van der Waals surface area contributed by atoms with Crippen molar-refractivity contribution < 1.29 is 14.7 Å². The molecule has 1 amide bonds. The highest BCUT2D eigenvalue weighted by atomic mass is 16.4. The largest absolute Gasteiger partial charge is 0.481 e. The standard InChI is InChI=1S/C20H16N2O3/c23-19(24)11-15-8-4-5-9-18(15)22-20(25)17-10-16(12-21-13-17)14-6-2-1-3-7-14/h1-10,12-13H,11H2,(H,22,25)(H,23,24). The second kappa shape index (κ2) is 7.40. The van der Waals surface area contributed by atoms with Crippen molar-refractivity contribution >= 4 is 17.6 Å². The van der Waals surface area contributed by atoms with Crippen molar-refractivity contribution in [1.29, 1.82) is 0 Å². The molecule has 0 spiro atoms. The van der Waals surface area contributed by atoms with Crippen molar-refractivity contribution in [2.75, 3.05) is 5.32 Å². The first-order valence-corrected chi connectivity index (χ1v) is 7.75. The van der Waals surface area contributed by atoms with Gasteiger partial charge in [0.05, 0.1) is 12.0 Å². The zero-order valence-corrected chi connectivity index (χ0v) is 13.3. The number of carbonyl (C=O) groups is 2. The number of para-hydroxylation sites is 1. The second-order valence-corrected chi connectivity index (χ2v) is 5.51. The predicted molar refractivity (Wildman–Crippen MR) is 95.4 cm³/mol. The molecule has 0 aliphatic carbocycles. The van der Waals surface area contributed by atoms with Crippen LogP contribution in [0.1, 0.15) is 15.9 Å². The van der Waals surface area contributed by atoms with Crippen LogP contribution in [0.5, 0.6) is 0 Å². The Kier molecular flexibility index (Phi) is 4.85. The van der Waals surface area contributed by atoms with E-state index in [1.807, 2.05) is 30.3 Å². The van der Waals surface area contributed by atoms with E-state index in [1.54, 1.807) is 36.5 Å². The summed E-state index contributed by atoms with van der Waals surface area (Å²) in [6.07, 6.45) is 3.03. The van der Waals surface area contributed by atoms with Crippen LogP contribution in [0.4, 0.5) is 5.69 Å². The van der Waals surface area contributed by atoms with Gasteiger partial charge in [-0.25, -0.2) is 0 Å². The summed E-state index contributed by atoms with van der Waals surface area (Å²) in [7, 11) is 0. The van der Waals surface area contributed by atoms with E-state index in [0.717, 1.165) is 11.1 Å². The third kappa shape index (κ3) is 4.09. The molecule has 124 valence electrons. The van der Waals surface area contributed by atoms with Crippen LogP contribution in [0.15, 0.2) is 73.1 Å². The van der Waals surface area contributed by atoms with E-state index in [2.05, 4.69) is 10.3 Å². The minimum Gasteiger partial charge on any atom is -0.481 e. The van der Waals surface area contributed by atoms with E-state index in [-0.39, 0.29) is 12.3 Å². The number of aliphatic carboxylic acids is 1. The van der Waals surface area contributed by atoms with E-state index in [9.17, 15) is 9.59 Å². The van der Waals surface area contributed by atoms with Gasteiger partial charge in [0, 0.05) is 23.6 Å². The molecule has 25 heavy (non-hydrogen) atoms. The smallest absolute Gasteiger partial charge is 0.307 e. The maximum atomic E-state index is 12.5. The summed E-state index contributed by atoms with van der Waals surface area (Å²) < 4.78 is 0. The number of nitrogens with one attached hydrogen (secondary N) is 1. The van der Waals surface area contributed by atoms with Crippen LogP contribution in [0.25, 0.3) is 11.1 Å². The Hall–Kier alpha value is -3.47. The lowest BCUT2D eigenvalue weighted by Gasteiger charge is -2.10. The van der Waals surface area contributed by atoms with Gasteiger partial charge in [-0.15, -0.1) is 0 Å². The number of carboxylic acids is 1. The average Bonchev–Trinajstić information content (AvgIpc) is 2.64. The summed E-state index contributed by atoms with van der Waals surface area (Å²) in [6, 6.07) is 18.3. The van der Waals surface area contributed by atoms with Crippen molar-refractivity contribution in [2.24, 2.45) is 0 Å². The third-order valence-electron chi connectivity index (χ3n) is 3.71. The first-order valence-electron chi connectivity index (χ1n) is 7.75. The molecular weight excluding hydrogens is 316 g/mol. The molecule has 1 aromatic heterocycles. The molecule has 0 bridgehead atoms. The summed E-state index contributed by atoms with van der Waals surface area (Å²) in [5, 5.41) is 11.8. The summed E-state index contributed by atoms with van der Waals surface area (Å²) in [5.74, 6) is -1.28. The van der Waals surface area contributed by atoms with Crippen LogP contribution < -0.4 is 5.32 Å². The molecule has 0 aliphatic rings. The predicted octanol–water partition coefficient (Wildman–Crippen LogP) is 3.63. The van der Waals surface area contributed by atoms with Crippen LogP contribution in [-0.2, 0) is 11.2 Å². The molecule has 2 N–H and O–H groups in total. The Balaban J connectivity index is 1.84. The zero-order chi connectivity index (χ0) is 17.6. The second-order valence-electron chi connectivity index (χ2n) is 5.51. The molecule has 2 aromatic carbocycles. The summed E-state index contributed by atoms with van der Waals surface area (Å²) >= 11 is 0. The van der Waals surface area contributed by atoms with Crippen LogP contribution in [0, 0.1) is 0 Å². The quantitative estimate of drug-likeness (QED) is 0.748. The van der Waals surface area contributed by atoms with Gasteiger partial charge in [0.15, 0.2) is 0 Å². The Morgan fingerprint density at radius 3 is 2.40 bits per heavy atom. The van der Waals surface area contributed by atoms with E-state index in [4.69, 9.17) is 5.11 Å². The number of benzene rings is 2. The first-order chi connectivity index (χ1) is 12.1. The Labute approximate surface area is 145 Å². The average molecular weight is 332 g/mol. The number of amides is 1. The number of aromatic nitrogens is 1. The van der Waals surface area contributed by atoms with Crippen molar-refractivity contribution in [2.45, 2.75) is 6.42 Å². The van der Waals surface area contributed by atoms with Gasteiger partial charge in [-0.05, 0) is 23.3 Å². The van der Waals surface area contributed by atoms with E-state index in [1.165, 1.54) is 6.20 Å². The van der Waals surface area contributed by atoms with Gasteiger partial charge in [0.1, 0.15) is 0 Å². The lowest BCUT2D eigenvalue weighted by molar-refractivity contribution is -0.136. The number of rotatable bonds is 5. The van der Waals surface area contributed by atoms with Gasteiger partial charge < -0.3 is 10.4 Å². The topological polar surface area (TPSA) is 79.3 Å². The van der Waals surface area contributed by atoms with Crippen LogP contribution in [0.2, 0.25) is 0 Å². The van der Waals surface area contributed by atoms with Gasteiger partial charge >= 0.3 is 5.97 Å². The van der Waals surface area contributed by atoms with Gasteiger partial charge in [-0.2, -0.15) is 0 Å². The minimum absolute atomic E-state index is 0.154. The number of hydrogen-bond acceptors (Lipinski definition) is 3. The van der Waals surface area contributed by atoms with Crippen LogP contribution in [0.3, 0.4) is 0 Å². The van der Waals surface area contributed by atoms with Crippen LogP contribution in [-0.4, -0.2) is 22.0 Å². The number of nitrogens with zero attached hydrogens (tertiary/aromatic N) is 1. The molecule has 1 heterocycles. The van der Waals surface area contributed by atoms with Crippen LogP contribution >= 0.6 is 0 Å². The fraction of sp³-hybridized carbons (Fsp3) is 0.0500. The van der Waals surface area contributed by atoms with Gasteiger partial charge in [-0.1, -0.05) is 48.5 Å². The molecule has 0 radical (unpaired) electrons. The highest BCUT2D eigenvalue weighted by Gasteiger charge is 2.12. The maximum Gasteiger partial charge on any atom is 0.307 e. The lowest BCUT2D eigenvalue weighted by atomic mass is 10.1. The Bertz CT molecular complexity index is 908. The van der Waals surface area contributed by atoms with E-state index in [0.29, 0.717) is 16.8 Å². The molecule has 0 aliphatic heterocycles. The normalized spacial score (nSPS) is 10.2. The molecule has 5 heteroatoms. The van der Waals surface area contributed by atoms with Crippen molar-refractivity contribution in [3.8, 4) is 11.1 Å². The number of carboxylic acid groups (broad SMARTS) is 1. The number of hydrogen-bond donors (Lipinski definition) is 2. The Morgan fingerprint density at radius 1 is 0.920 bits per heavy atom. The van der Waals surface area contributed by atoms with E-state index < -0.39 is 5.97 Å². The molecule has 3 rings (SSSR count). The van der Waals surface area contributed by atoms with E-state index >= 15 is 0 Å². The number of carbonyl (C=O) groups excluding carboxylic acids is 1. The van der Waals surface area contributed by atoms with Gasteiger partial charge in [-0.3, -0.25) is 14.6 Å². The summed E-state index contributed by atoms with van der Waals surface area (Å²) in [4.78, 5) is 27.6. The van der Waals surface area contributed by atoms with Crippen molar-refractivity contribution in [3.05, 3.63) is 84.2 Å². The first kappa shape index (κ1) is 16.4. The van der Waals surface area contributed by atoms with Gasteiger partial charge in [0.2, 0.25) is 0 Å². The number of anilines is 1. The third-order valence-corrected chi connectivity index (χ3v) is 3.71. The highest BCUT2D eigenvalue weighted by Crippen LogP contribution is 2.21. The molecule has 0 fully saturated rings. The fourth-order valence-corrected chi connectivity index (χ4v) is 2.51. The summed E-state index contributed by atoms with van der Waals surface area (Å²) in [5.41, 5.74) is 3.25. The SMILES string of the molecule is O=C(O)Cc1ccccc1NC(=O)c1cncc(-c2ccccc2)c1. The molecule has 0 unspecified atom stereocenters. The molecule has 3 aromatic rings. The molecule has 0 saturated heterocycles. The molecule has 0 saturated carbocycles. The molecular formula is C20H16N2O3. The number of pyridine rings is 1. The highest BCUT2D eigenvalue weighted by molar-refractivity contribution is 6.05. The molecule has 5 nitrogen and oxygen atoms in total. The van der Waals surface area contributed by atoms with Gasteiger partial charge in [0.25, 0.3) is 5.91 Å². The summed E-state index contributed by atoms with van der Waals surface area (Å²) in [6.45, 7) is 0. The minimum atomic E-state index is -0.950. The van der Waals surface area contributed by atoms with Crippen molar-refractivity contribution in [1.82, 2.24) is 4.98 Å². The fourth-order valence-electron chi connectivity index (χ4n) is 2.51. The molecule has 0 atom stereocenters.